The summed E-state index contributed by atoms with van der Waals surface area (Å²) in [6.07, 6.45) is -0.0916. The van der Waals surface area contributed by atoms with Crippen molar-refractivity contribution in [2.45, 2.75) is 6.42 Å². The molecule has 3 rings (SSSR count). The molecule has 0 fully saturated rings. The Morgan fingerprint density at radius 2 is 2.05 bits per heavy atom. The highest BCUT2D eigenvalue weighted by Gasteiger charge is 2.12. The van der Waals surface area contributed by atoms with E-state index in [1.807, 2.05) is 0 Å². The molecule has 1 aromatic heterocycles. The van der Waals surface area contributed by atoms with Gasteiger partial charge in [-0.25, -0.2) is 9.37 Å². The Kier molecular flexibility index (Phi) is 2.95. The van der Waals surface area contributed by atoms with Crippen LogP contribution in [-0.2, 0) is 11.2 Å². The summed E-state index contributed by atoms with van der Waals surface area (Å²) in [5.41, 5.74) is 1.91. The van der Waals surface area contributed by atoms with E-state index in [9.17, 15) is 9.18 Å². The molecule has 5 heteroatoms. The number of fused-ring (bicyclic) bond motifs is 1. The van der Waals surface area contributed by atoms with E-state index < -0.39 is 11.8 Å². The highest BCUT2D eigenvalue weighted by Crippen LogP contribution is 2.26. The fraction of sp³-hybridized carbons (Fsp3) is 0.0667. The number of carboxylic acids is 1. The third kappa shape index (κ3) is 2.25. The molecule has 2 aromatic carbocycles. The zero-order chi connectivity index (χ0) is 14.1. The topological polar surface area (TPSA) is 63.3 Å². The van der Waals surface area contributed by atoms with Gasteiger partial charge in [0.25, 0.3) is 0 Å². The van der Waals surface area contributed by atoms with Gasteiger partial charge in [0, 0.05) is 0 Å². The number of carbonyl (C=O) groups is 1. The molecule has 0 aliphatic carbocycles. The average Bonchev–Trinajstić information content (AvgIpc) is 2.81. The Bertz CT molecular complexity index is 795. The second kappa shape index (κ2) is 4.77. The lowest BCUT2D eigenvalue weighted by Gasteiger charge is -1.96. The third-order valence-electron chi connectivity index (χ3n) is 2.91. The lowest BCUT2D eigenvalue weighted by atomic mass is 10.1. The van der Waals surface area contributed by atoms with E-state index >= 15 is 0 Å². The maximum atomic E-state index is 13.7. The van der Waals surface area contributed by atoms with Crippen molar-refractivity contribution in [2.75, 3.05) is 0 Å². The summed E-state index contributed by atoms with van der Waals surface area (Å²) < 4.78 is 19.2. The third-order valence-corrected chi connectivity index (χ3v) is 2.91. The van der Waals surface area contributed by atoms with Crippen molar-refractivity contribution >= 4 is 17.1 Å². The van der Waals surface area contributed by atoms with Gasteiger partial charge in [0.05, 0.1) is 12.0 Å². The zero-order valence-electron chi connectivity index (χ0n) is 10.3. The van der Waals surface area contributed by atoms with E-state index in [1.54, 1.807) is 36.4 Å². The number of carboxylic acid groups (broad SMARTS) is 1. The van der Waals surface area contributed by atoms with Crippen LogP contribution in [0.5, 0.6) is 0 Å². The summed E-state index contributed by atoms with van der Waals surface area (Å²) in [5.74, 6) is -1.14. The first-order valence-corrected chi connectivity index (χ1v) is 5.99. The minimum Gasteiger partial charge on any atom is -0.481 e. The minimum absolute atomic E-state index is 0.0916. The van der Waals surface area contributed by atoms with E-state index in [2.05, 4.69) is 4.98 Å². The number of hydrogen-bond acceptors (Lipinski definition) is 3. The molecule has 0 saturated heterocycles. The predicted octanol–water partition coefficient (Wildman–Crippen LogP) is 3.26. The van der Waals surface area contributed by atoms with E-state index in [0.717, 1.165) is 0 Å². The molecule has 0 atom stereocenters. The summed E-state index contributed by atoms with van der Waals surface area (Å²) >= 11 is 0. The molecule has 1 heterocycles. The standard InChI is InChI=1S/C15H10FNO3/c16-11-4-2-1-3-10(11)15-17-12-6-5-9(8-14(18)19)7-13(12)20-15/h1-7H,8H2,(H,18,19). The van der Waals surface area contributed by atoms with E-state index in [1.165, 1.54) is 6.07 Å². The monoisotopic (exact) mass is 271 g/mol. The van der Waals surface area contributed by atoms with Gasteiger partial charge >= 0.3 is 5.97 Å². The number of halogens is 1. The summed E-state index contributed by atoms with van der Waals surface area (Å²) in [6, 6.07) is 11.2. The van der Waals surface area contributed by atoms with Gasteiger partial charge in [-0.3, -0.25) is 4.79 Å². The van der Waals surface area contributed by atoms with Crippen LogP contribution in [0.4, 0.5) is 4.39 Å². The number of aromatic nitrogens is 1. The van der Waals surface area contributed by atoms with Crippen molar-refractivity contribution in [3.8, 4) is 11.5 Å². The number of oxazole rings is 1. The smallest absolute Gasteiger partial charge is 0.307 e. The highest BCUT2D eigenvalue weighted by atomic mass is 19.1. The number of aliphatic carboxylic acids is 1. The molecular weight excluding hydrogens is 261 g/mol. The molecule has 100 valence electrons. The van der Waals surface area contributed by atoms with Crippen LogP contribution < -0.4 is 0 Å². The van der Waals surface area contributed by atoms with Gasteiger partial charge in [-0.15, -0.1) is 0 Å². The fourth-order valence-corrected chi connectivity index (χ4v) is 2.00. The van der Waals surface area contributed by atoms with Crippen molar-refractivity contribution < 1.29 is 18.7 Å². The van der Waals surface area contributed by atoms with Crippen molar-refractivity contribution in [2.24, 2.45) is 0 Å². The molecule has 20 heavy (non-hydrogen) atoms. The van der Waals surface area contributed by atoms with Gasteiger partial charge in [0.2, 0.25) is 5.89 Å². The quantitative estimate of drug-likeness (QED) is 0.794. The van der Waals surface area contributed by atoms with Crippen LogP contribution in [0.1, 0.15) is 5.56 Å². The number of hydrogen-bond donors (Lipinski definition) is 1. The lowest BCUT2D eigenvalue weighted by Crippen LogP contribution is -1.99. The molecule has 0 amide bonds. The van der Waals surface area contributed by atoms with E-state index in [-0.39, 0.29) is 17.9 Å². The van der Waals surface area contributed by atoms with Crippen LogP contribution in [-0.4, -0.2) is 16.1 Å². The van der Waals surface area contributed by atoms with Crippen molar-refractivity contribution in [1.82, 2.24) is 4.98 Å². The van der Waals surface area contributed by atoms with Gasteiger partial charge < -0.3 is 9.52 Å². The van der Waals surface area contributed by atoms with Crippen molar-refractivity contribution in [1.29, 1.82) is 0 Å². The van der Waals surface area contributed by atoms with Crippen molar-refractivity contribution in [3.05, 3.63) is 53.8 Å². The second-order valence-electron chi connectivity index (χ2n) is 4.37. The van der Waals surface area contributed by atoms with Crippen molar-refractivity contribution in [3.63, 3.8) is 0 Å². The number of nitrogens with zero attached hydrogens (tertiary/aromatic N) is 1. The van der Waals surface area contributed by atoms with Gasteiger partial charge in [0.15, 0.2) is 5.58 Å². The molecule has 0 aliphatic rings. The Morgan fingerprint density at radius 3 is 2.80 bits per heavy atom. The summed E-state index contributed by atoms with van der Waals surface area (Å²) in [5, 5.41) is 8.76. The molecule has 0 aliphatic heterocycles. The van der Waals surface area contributed by atoms with Crippen LogP contribution in [0.15, 0.2) is 46.9 Å². The summed E-state index contributed by atoms with van der Waals surface area (Å²) in [4.78, 5) is 14.9. The molecule has 0 bridgehead atoms. The van der Waals surface area contributed by atoms with Gasteiger partial charge in [0.1, 0.15) is 11.3 Å². The molecule has 1 N–H and O–H groups in total. The molecular formula is C15H10FNO3. The Balaban J connectivity index is 2.07. The fourth-order valence-electron chi connectivity index (χ4n) is 2.00. The normalized spacial score (nSPS) is 10.8. The van der Waals surface area contributed by atoms with E-state index in [4.69, 9.17) is 9.52 Å². The number of benzene rings is 2. The molecule has 0 radical (unpaired) electrons. The molecule has 0 unspecified atom stereocenters. The maximum absolute atomic E-state index is 13.7. The maximum Gasteiger partial charge on any atom is 0.307 e. The second-order valence-corrected chi connectivity index (χ2v) is 4.37. The van der Waals surface area contributed by atoms with Crippen LogP contribution >= 0.6 is 0 Å². The first kappa shape index (κ1) is 12.3. The molecule has 0 spiro atoms. The minimum atomic E-state index is -0.918. The Labute approximate surface area is 113 Å². The summed E-state index contributed by atoms with van der Waals surface area (Å²) in [6.45, 7) is 0. The van der Waals surface area contributed by atoms with Gasteiger partial charge in [-0.1, -0.05) is 18.2 Å². The Morgan fingerprint density at radius 1 is 1.25 bits per heavy atom. The first-order chi connectivity index (χ1) is 9.63. The lowest BCUT2D eigenvalue weighted by molar-refractivity contribution is -0.136. The number of rotatable bonds is 3. The first-order valence-electron chi connectivity index (χ1n) is 5.99. The SMILES string of the molecule is O=C(O)Cc1ccc2nc(-c3ccccc3F)oc2c1. The Hall–Kier alpha value is -2.69. The molecule has 3 aromatic rings. The molecule has 0 saturated carbocycles. The largest absolute Gasteiger partial charge is 0.481 e. The van der Waals surface area contributed by atoms with Crippen LogP contribution in [0, 0.1) is 5.82 Å². The van der Waals surface area contributed by atoms with Crippen LogP contribution in [0.25, 0.3) is 22.6 Å². The highest BCUT2D eigenvalue weighted by molar-refractivity contribution is 5.79. The van der Waals surface area contributed by atoms with Crippen LogP contribution in [0.2, 0.25) is 0 Å². The summed E-state index contributed by atoms with van der Waals surface area (Å²) in [7, 11) is 0. The zero-order valence-corrected chi connectivity index (χ0v) is 10.3. The average molecular weight is 271 g/mol. The van der Waals surface area contributed by atoms with Crippen LogP contribution in [0.3, 0.4) is 0 Å². The van der Waals surface area contributed by atoms with Gasteiger partial charge in [-0.2, -0.15) is 0 Å². The van der Waals surface area contributed by atoms with E-state index in [0.29, 0.717) is 16.7 Å². The molecule has 4 nitrogen and oxygen atoms in total. The predicted molar refractivity (Wildman–Crippen MR) is 70.7 cm³/mol. The van der Waals surface area contributed by atoms with Gasteiger partial charge in [-0.05, 0) is 29.8 Å².